The van der Waals surface area contributed by atoms with Crippen LogP contribution in [0.2, 0.25) is 0 Å². The van der Waals surface area contributed by atoms with Crippen LogP contribution >= 0.6 is 0 Å². The number of amides is 3. The number of hydrogen-bond acceptors (Lipinski definition) is 4. The molecule has 0 unspecified atom stereocenters. The molecule has 8 nitrogen and oxygen atoms in total. The fourth-order valence-electron chi connectivity index (χ4n) is 2.10. The topological polar surface area (TPSA) is 139 Å². The van der Waals surface area contributed by atoms with Crippen molar-refractivity contribution < 1.29 is 33.1 Å². The highest BCUT2D eigenvalue weighted by Crippen LogP contribution is 2.08. The van der Waals surface area contributed by atoms with Crippen LogP contribution in [0.3, 0.4) is 0 Å². The Bertz CT molecular complexity index is 691. The number of nitrogens with one attached hydrogen (secondary N) is 2. The van der Waals surface area contributed by atoms with E-state index in [9.17, 15) is 28.0 Å². The van der Waals surface area contributed by atoms with E-state index in [1.165, 1.54) is 6.92 Å². The molecule has 0 radical (unpaired) electrons. The summed E-state index contributed by atoms with van der Waals surface area (Å²) >= 11 is 0. The molecule has 0 aliphatic carbocycles. The van der Waals surface area contributed by atoms with E-state index in [1.54, 1.807) is 0 Å². The van der Waals surface area contributed by atoms with Crippen molar-refractivity contribution in [2.24, 2.45) is 5.73 Å². The highest BCUT2D eigenvalue weighted by Gasteiger charge is 2.24. The number of carbonyl (C=O) groups is 4. The molecule has 26 heavy (non-hydrogen) atoms. The molecule has 0 aliphatic rings. The van der Waals surface area contributed by atoms with Gasteiger partial charge in [0.05, 0.1) is 6.42 Å². The van der Waals surface area contributed by atoms with Gasteiger partial charge in [0, 0.05) is 12.5 Å². The van der Waals surface area contributed by atoms with Crippen LogP contribution in [0.25, 0.3) is 0 Å². The van der Waals surface area contributed by atoms with Crippen molar-refractivity contribution in [3.63, 3.8) is 0 Å². The van der Waals surface area contributed by atoms with E-state index < -0.39 is 47.4 Å². The van der Waals surface area contributed by atoms with Gasteiger partial charge >= 0.3 is 5.97 Å². The van der Waals surface area contributed by atoms with Crippen molar-refractivity contribution in [2.75, 3.05) is 0 Å². The Morgan fingerprint density at radius 3 is 2.19 bits per heavy atom. The summed E-state index contributed by atoms with van der Waals surface area (Å²) in [5, 5.41) is 13.5. The predicted octanol–water partition coefficient (Wildman–Crippen LogP) is -0.153. The molecular weight excluding hydrogens is 352 g/mol. The molecule has 142 valence electrons. The van der Waals surface area contributed by atoms with Crippen LogP contribution < -0.4 is 16.4 Å². The maximum absolute atomic E-state index is 13.1. The second-order valence-electron chi connectivity index (χ2n) is 5.65. The molecule has 0 saturated heterocycles. The van der Waals surface area contributed by atoms with Gasteiger partial charge in [0.15, 0.2) is 0 Å². The summed E-state index contributed by atoms with van der Waals surface area (Å²) in [7, 11) is 0. The predicted molar refractivity (Wildman–Crippen MR) is 85.7 cm³/mol. The molecule has 1 rings (SSSR count). The van der Waals surface area contributed by atoms with Gasteiger partial charge in [-0.15, -0.1) is 0 Å². The molecule has 5 N–H and O–H groups in total. The van der Waals surface area contributed by atoms with Gasteiger partial charge in [-0.2, -0.15) is 0 Å². The average Bonchev–Trinajstić information content (AvgIpc) is 2.49. The molecule has 10 heteroatoms. The van der Waals surface area contributed by atoms with Crippen molar-refractivity contribution in [2.45, 2.75) is 38.3 Å². The smallest absolute Gasteiger partial charge is 0.326 e. The van der Waals surface area contributed by atoms with E-state index in [4.69, 9.17) is 10.8 Å². The van der Waals surface area contributed by atoms with E-state index in [-0.39, 0.29) is 24.8 Å². The summed E-state index contributed by atoms with van der Waals surface area (Å²) in [6.45, 7) is 1.31. The van der Waals surface area contributed by atoms with Crippen molar-refractivity contribution in [3.05, 3.63) is 35.4 Å². The quantitative estimate of drug-likeness (QED) is 0.478. The van der Waals surface area contributed by atoms with Crippen LogP contribution in [-0.2, 0) is 25.6 Å². The number of nitrogens with two attached hydrogens (primary N) is 1. The molecule has 0 aromatic heterocycles. The second-order valence-corrected chi connectivity index (χ2v) is 5.65. The number of hydrogen-bond donors (Lipinski definition) is 4. The third kappa shape index (κ3) is 7.24. The fraction of sp³-hybridized carbons (Fsp3) is 0.375. The fourth-order valence-corrected chi connectivity index (χ4v) is 2.10. The lowest BCUT2D eigenvalue weighted by atomic mass is 10.1. The van der Waals surface area contributed by atoms with E-state index >= 15 is 0 Å². The molecule has 0 fully saturated rings. The SMILES string of the molecule is C[C@H](NC(=O)Cc1cc(F)cc(F)c1)C(=O)N[C@@H](CCC(N)=O)C(=O)O. The normalized spacial score (nSPS) is 12.7. The summed E-state index contributed by atoms with van der Waals surface area (Å²) in [5.74, 6) is -5.21. The van der Waals surface area contributed by atoms with Gasteiger partial charge < -0.3 is 21.5 Å². The lowest BCUT2D eigenvalue weighted by Gasteiger charge is -2.18. The van der Waals surface area contributed by atoms with Crippen LogP contribution in [0.4, 0.5) is 8.78 Å². The summed E-state index contributed by atoms with van der Waals surface area (Å²) in [6, 6.07) is 0.188. The molecule has 0 aliphatic heterocycles. The zero-order valence-corrected chi connectivity index (χ0v) is 13.9. The van der Waals surface area contributed by atoms with E-state index in [1.807, 2.05) is 0 Å². The highest BCUT2D eigenvalue weighted by atomic mass is 19.1. The molecular formula is C16H19F2N3O5. The maximum atomic E-state index is 13.1. The van der Waals surface area contributed by atoms with Crippen LogP contribution in [-0.4, -0.2) is 40.9 Å². The van der Waals surface area contributed by atoms with Gasteiger partial charge in [0.25, 0.3) is 0 Å². The molecule has 0 saturated carbocycles. The number of carbonyl (C=O) groups excluding carboxylic acids is 3. The third-order valence-corrected chi connectivity index (χ3v) is 3.35. The summed E-state index contributed by atoms with van der Waals surface area (Å²) < 4.78 is 26.2. The number of primary amides is 1. The Labute approximate surface area is 147 Å². The third-order valence-electron chi connectivity index (χ3n) is 3.35. The Kier molecular flexibility index (Phi) is 7.63. The molecule has 1 aromatic rings. The lowest BCUT2D eigenvalue weighted by Crippen LogP contribution is -2.50. The monoisotopic (exact) mass is 371 g/mol. The van der Waals surface area contributed by atoms with Gasteiger partial charge in [-0.05, 0) is 31.0 Å². The van der Waals surface area contributed by atoms with E-state index in [2.05, 4.69) is 10.6 Å². The van der Waals surface area contributed by atoms with Gasteiger partial charge in [0.2, 0.25) is 17.7 Å². The molecule has 0 spiro atoms. The van der Waals surface area contributed by atoms with E-state index in [0.717, 1.165) is 12.1 Å². The van der Waals surface area contributed by atoms with Gasteiger partial charge in [0.1, 0.15) is 23.7 Å². The molecule has 0 bridgehead atoms. The minimum atomic E-state index is -1.35. The number of aliphatic carboxylic acids is 1. The molecule has 2 atom stereocenters. The first-order chi connectivity index (χ1) is 12.1. The zero-order valence-electron chi connectivity index (χ0n) is 13.9. The van der Waals surface area contributed by atoms with Gasteiger partial charge in [-0.3, -0.25) is 14.4 Å². The van der Waals surface area contributed by atoms with Crippen LogP contribution in [0.5, 0.6) is 0 Å². The van der Waals surface area contributed by atoms with Crippen molar-refractivity contribution in [3.8, 4) is 0 Å². The zero-order chi connectivity index (χ0) is 19.9. The molecule has 3 amide bonds. The molecule has 1 aromatic carbocycles. The van der Waals surface area contributed by atoms with Crippen LogP contribution in [0.1, 0.15) is 25.3 Å². The largest absolute Gasteiger partial charge is 0.480 e. The minimum Gasteiger partial charge on any atom is -0.480 e. The summed E-state index contributed by atoms with van der Waals surface area (Å²) in [6.07, 6.45) is -0.793. The Hall–Kier alpha value is -3.04. The number of carboxylic acid groups (broad SMARTS) is 1. The minimum absolute atomic E-state index is 0.0810. The number of carboxylic acids is 1. The lowest BCUT2D eigenvalue weighted by molar-refractivity contribution is -0.142. The number of halogens is 2. The second kappa shape index (κ2) is 9.44. The number of benzene rings is 1. The van der Waals surface area contributed by atoms with Crippen LogP contribution in [0.15, 0.2) is 18.2 Å². The van der Waals surface area contributed by atoms with Crippen molar-refractivity contribution in [1.29, 1.82) is 0 Å². The first-order valence-corrected chi connectivity index (χ1v) is 7.64. The van der Waals surface area contributed by atoms with Crippen molar-refractivity contribution >= 4 is 23.7 Å². The van der Waals surface area contributed by atoms with E-state index in [0.29, 0.717) is 6.07 Å². The number of rotatable bonds is 9. The highest BCUT2D eigenvalue weighted by molar-refractivity contribution is 5.90. The Morgan fingerprint density at radius 1 is 1.12 bits per heavy atom. The van der Waals surface area contributed by atoms with Crippen molar-refractivity contribution in [1.82, 2.24) is 10.6 Å². The van der Waals surface area contributed by atoms with Crippen LogP contribution in [0, 0.1) is 11.6 Å². The Morgan fingerprint density at radius 2 is 1.69 bits per heavy atom. The standard InChI is InChI=1S/C16H19F2N3O5/c1-8(15(24)21-12(16(25)26)2-3-13(19)22)20-14(23)6-9-4-10(17)7-11(18)5-9/h4-5,7-8,12H,2-3,6H2,1H3,(H2,19,22)(H,20,23)(H,21,24)(H,25,26)/t8-,12-/m0/s1. The van der Waals surface area contributed by atoms with Gasteiger partial charge in [-0.25, -0.2) is 13.6 Å². The first-order valence-electron chi connectivity index (χ1n) is 7.64. The molecule has 0 heterocycles. The maximum Gasteiger partial charge on any atom is 0.326 e. The summed E-state index contributed by atoms with van der Waals surface area (Å²) in [5.41, 5.74) is 5.02. The summed E-state index contributed by atoms with van der Waals surface area (Å²) in [4.78, 5) is 45.6. The van der Waals surface area contributed by atoms with Gasteiger partial charge in [-0.1, -0.05) is 0 Å². The average molecular weight is 371 g/mol. The first kappa shape index (κ1) is 21.0. The Balaban J connectivity index is 2.60.